The average Bonchev–Trinajstić information content (AvgIpc) is 1.84. The van der Waals surface area contributed by atoms with Crippen LogP contribution in [0.3, 0.4) is 0 Å². The minimum absolute atomic E-state index is 0.346. The number of hydrogen-bond acceptors (Lipinski definition) is 2. The Kier molecular flexibility index (Phi) is 3.36. The zero-order valence-corrected chi connectivity index (χ0v) is 6.26. The van der Waals surface area contributed by atoms with E-state index in [4.69, 9.17) is 10.8 Å². The lowest BCUT2D eigenvalue weighted by atomic mass is 9.99. The van der Waals surface area contributed by atoms with Crippen molar-refractivity contribution in [2.75, 3.05) is 0 Å². The Bertz CT molecular complexity index is 121. The van der Waals surface area contributed by atoms with E-state index in [1.165, 1.54) is 0 Å². The third-order valence-corrected chi connectivity index (χ3v) is 1.40. The van der Waals surface area contributed by atoms with Gasteiger partial charge in [0.25, 0.3) is 0 Å². The molecule has 0 aromatic heterocycles. The summed E-state index contributed by atoms with van der Waals surface area (Å²) in [6.07, 6.45) is 2.03. The van der Waals surface area contributed by atoms with Crippen molar-refractivity contribution in [2.45, 2.75) is 31.8 Å². The number of primary amides is 1. The van der Waals surface area contributed by atoms with Crippen molar-refractivity contribution in [3.8, 4) is 0 Å². The summed E-state index contributed by atoms with van der Waals surface area (Å²) in [4.78, 5) is 10.4. The highest BCUT2D eigenvalue weighted by atomic mass is 16.3. The first-order valence-electron chi connectivity index (χ1n) is 3.38. The molecule has 3 heteroatoms. The van der Waals surface area contributed by atoms with Gasteiger partial charge in [-0.3, -0.25) is 4.79 Å². The Morgan fingerprint density at radius 1 is 1.80 bits per heavy atom. The van der Waals surface area contributed by atoms with Crippen LogP contribution in [0.4, 0.5) is 0 Å². The maximum atomic E-state index is 10.4. The molecular formula is C7H14NO2. The molecule has 0 saturated carbocycles. The van der Waals surface area contributed by atoms with E-state index in [0.29, 0.717) is 6.42 Å². The Labute approximate surface area is 61.2 Å². The van der Waals surface area contributed by atoms with Gasteiger partial charge in [-0.1, -0.05) is 19.8 Å². The molecular weight excluding hydrogens is 130 g/mol. The molecule has 0 aliphatic heterocycles. The number of rotatable bonds is 4. The first kappa shape index (κ1) is 9.43. The fourth-order valence-electron chi connectivity index (χ4n) is 0.592. The predicted molar refractivity (Wildman–Crippen MR) is 39.0 cm³/mol. The van der Waals surface area contributed by atoms with Gasteiger partial charge in [0.2, 0.25) is 5.91 Å². The quantitative estimate of drug-likeness (QED) is 0.593. The van der Waals surface area contributed by atoms with E-state index in [9.17, 15) is 4.79 Å². The zero-order valence-electron chi connectivity index (χ0n) is 6.26. The number of carbonyl (C=O) groups excluding carboxylic acids is 1. The van der Waals surface area contributed by atoms with Crippen LogP contribution < -0.4 is 5.73 Å². The van der Waals surface area contributed by atoms with Crippen LogP contribution in [0.5, 0.6) is 0 Å². The summed E-state index contributed by atoms with van der Waals surface area (Å²) in [6.45, 7) is 5.26. The second-order valence-electron chi connectivity index (χ2n) is 2.50. The van der Waals surface area contributed by atoms with E-state index in [2.05, 4.69) is 6.92 Å². The van der Waals surface area contributed by atoms with E-state index in [1.807, 2.05) is 6.92 Å². The second kappa shape index (κ2) is 3.56. The van der Waals surface area contributed by atoms with Crippen molar-refractivity contribution in [3.05, 3.63) is 6.92 Å². The summed E-state index contributed by atoms with van der Waals surface area (Å²) in [7, 11) is 0. The summed E-state index contributed by atoms with van der Waals surface area (Å²) in [5, 5.41) is 9.14. The molecule has 1 amide bonds. The second-order valence-corrected chi connectivity index (χ2v) is 2.50. The highest BCUT2D eigenvalue weighted by Gasteiger charge is 2.26. The number of aliphatic hydroxyl groups is 1. The lowest BCUT2D eigenvalue weighted by Crippen LogP contribution is -2.40. The summed E-state index contributed by atoms with van der Waals surface area (Å²) in [6, 6.07) is 0. The largest absolute Gasteiger partial charge is 0.380 e. The van der Waals surface area contributed by atoms with E-state index < -0.39 is 11.5 Å². The fourth-order valence-corrected chi connectivity index (χ4v) is 0.592. The molecule has 0 aliphatic carbocycles. The molecule has 0 saturated heterocycles. The van der Waals surface area contributed by atoms with Crippen LogP contribution in [0.15, 0.2) is 0 Å². The Balaban J connectivity index is 3.75. The SMILES string of the molecule is [CH2]C(O)(CCCC)C(N)=O. The highest BCUT2D eigenvalue weighted by molar-refractivity contribution is 5.83. The standard InChI is InChI=1S/C7H14NO2/c1-3-4-5-7(2,10)6(8)9/h10H,2-5H2,1H3,(H2,8,9). The third-order valence-electron chi connectivity index (χ3n) is 1.40. The van der Waals surface area contributed by atoms with Gasteiger partial charge in [-0.2, -0.15) is 0 Å². The molecule has 3 nitrogen and oxygen atoms in total. The van der Waals surface area contributed by atoms with Gasteiger partial charge in [0.05, 0.1) is 0 Å². The Hall–Kier alpha value is -0.570. The van der Waals surface area contributed by atoms with Crippen molar-refractivity contribution in [3.63, 3.8) is 0 Å². The molecule has 0 spiro atoms. The van der Waals surface area contributed by atoms with Crippen LogP contribution in [0, 0.1) is 6.92 Å². The van der Waals surface area contributed by atoms with Crippen molar-refractivity contribution in [1.82, 2.24) is 0 Å². The number of nitrogens with two attached hydrogens (primary N) is 1. The van der Waals surface area contributed by atoms with Crippen LogP contribution in [0.1, 0.15) is 26.2 Å². The van der Waals surface area contributed by atoms with Gasteiger partial charge in [-0.05, 0) is 13.3 Å². The summed E-state index contributed by atoms with van der Waals surface area (Å²) < 4.78 is 0. The molecule has 1 unspecified atom stereocenters. The molecule has 3 N–H and O–H groups in total. The molecule has 59 valence electrons. The predicted octanol–water partition coefficient (Wildman–Crippen LogP) is 0.227. The van der Waals surface area contributed by atoms with Gasteiger partial charge in [-0.25, -0.2) is 0 Å². The van der Waals surface area contributed by atoms with Crippen molar-refractivity contribution < 1.29 is 9.90 Å². The number of carbonyl (C=O) groups is 1. The van der Waals surface area contributed by atoms with E-state index in [-0.39, 0.29) is 0 Å². The fraction of sp³-hybridized carbons (Fsp3) is 0.714. The average molecular weight is 144 g/mol. The number of hydrogen-bond donors (Lipinski definition) is 2. The maximum Gasteiger partial charge on any atom is 0.249 e. The maximum absolute atomic E-state index is 10.4. The van der Waals surface area contributed by atoms with Crippen molar-refractivity contribution in [2.24, 2.45) is 5.73 Å². The van der Waals surface area contributed by atoms with E-state index in [1.54, 1.807) is 0 Å². The monoisotopic (exact) mass is 144 g/mol. The molecule has 0 fully saturated rings. The first-order valence-corrected chi connectivity index (χ1v) is 3.38. The molecule has 1 atom stereocenters. The number of amides is 1. The smallest absolute Gasteiger partial charge is 0.249 e. The van der Waals surface area contributed by atoms with Crippen LogP contribution in [-0.4, -0.2) is 16.6 Å². The van der Waals surface area contributed by atoms with E-state index in [0.717, 1.165) is 12.8 Å². The molecule has 1 radical (unpaired) electrons. The third kappa shape index (κ3) is 2.82. The van der Waals surface area contributed by atoms with Gasteiger partial charge in [0.15, 0.2) is 0 Å². The van der Waals surface area contributed by atoms with Crippen molar-refractivity contribution >= 4 is 5.91 Å². The minimum atomic E-state index is -1.56. The van der Waals surface area contributed by atoms with Crippen LogP contribution in [0.2, 0.25) is 0 Å². The Morgan fingerprint density at radius 3 is 2.60 bits per heavy atom. The lowest BCUT2D eigenvalue weighted by molar-refractivity contribution is -0.132. The number of unbranched alkanes of at least 4 members (excludes halogenated alkanes) is 1. The van der Waals surface area contributed by atoms with Gasteiger partial charge in [-0.15, -0.1) is 0 Å². The van der Waals surface area contributed by atoms with Gasteiger partial charge < -0.3 is 10.8 Å². The topological polar surface area (TPSA) is 63.3 Å². The summed E-state index contributed by atoms with van der Waals surface area (Å²) in [5.41, 5.74) is 3.30. The van der Waals surface area contributed by atoms with Crippen LogP contribution in [0.25, 0.3) is 0 Å². The molecule has 0 bridgehead atoms. The summed E-state index contributed by atoms with van der Waals surface area (Å²) >= 11 is 0. The highest BCUT2D eigenvalue weighted by Crippen LogP contribution is 2.11. The summed E-state index contributed by atoms with van der Waals surface area (Å²) in [5.74, 6) is -0.749. The molecule has 0 rings (SSSR count). The van der Waals surface area contributed by atoms with Crippen molar-refractivity contribution in [1.29, 1.82) is 0 Å². The first-order chi connectivity index (χ1) is 4.50. The molecule has 0 heterocycles. The molecule has 0 aliphatic rings. The normalized spacial score (nSPS) is 16.3. The molecule has 0 aromatic carbocycles. The van der Waals surface area contributed by atoms with Gasteiger partial charge >= 0.3 is 0 Å². The van der Waals surface area contributed by atoms with Gasteiger partial charge in [0, 0.05) is 0 Å². The van der Waals surface area contributed by atoms with E-state index >= 15 is 0 Å². The van der Waals surface area contributed by atoms with Crippen LogP contribution >= 0.6 is 0 Å². The van der Waals surface area contributed by atoms with Crippen LogP contribution in [-0.2, 0) is 4.79 Å². The Morgan fingerprint density at radius 2 is 2.30 bits per heavy atom. The minimum Gasteiger partial charge on any atom is -0.380 e. The molecule has 10 heavy (non-hydrogen) atoms. The van der Waals surface area contributed by atoms with Gasteiger partial charge in [0.1, 0.15) is 5.60 Å². The lowest BCUT2D eigenvalue weighted by Gasteiger charge is -2.17. The molecule has 0 aromatic rings. The zero-order chi connectivity index (χ0) is 8.20.